The average molecular weight is 300 g/mol. The third kappa shape index (κ3) is 4.37. The normalized spacial score (nSPS) is 32.4. The maximum atomic E-state index is 12.4. The summed E-state index contributed by atoms with van der Waals surface area (Å²) in [5, 5.41) is 0. The average Bonchev–Trinajstić information content (AvgIpc) is 2.38. The van der Waals surface area contributed by atoms with Gasteiger partial charge in [0.15, 0.2) is 0 Å². The molecule has 4 nitrogen and oxygen atoms in total. The molecule has 20 heavy (non-hydrogen) atoms. The number of hydrogen-bond acceptors (Lipinski definition) is 4. The van der Waals surface area contributed by atoms with Crippen molar-refractivity contribution in [1.29, 1.82) is 0 Å². The third-order valence-electron chi connectivity index (χ3n) is 4.19. The standard InChI is InChI=1S/C15H28N2O2S/c1-12-8-16(3)9-13(2)17(12)15(18)11-20-10-14-6-4-5-7-19-14/h12-14H,4-11H2,1-3H3/t12-,13+,14-/m1/s1. The number of piperazine rings is 1. The quantitative estimate of drug-likeness (QED) is 0.793. The van der Waals surface area contributed by atoms with E-state index in [1.54, 1.807) is 11.8 Å². The molecule has 0 aromatic rings. The van der Waals surface area contributed by atoms with Crippen molar-refractivity contribution in [3.05, 3.63) is 0 Å². The lowest BCUT2D eigenvalue weighted by molar-refractivity contribution is -0.135. The van der Waals surface area contributed by atoms with Crippen LogP contribution in [0.15, 0.2) is 0 Å². The molecule has 0 radical (unpaired) electrons. The summed E-state index contributed by atoms with van der Waals surface area (Å²) in [6.07, 6.45) is 3.98. The van der Waals surface area contributed by atoms with E-state index < -0.39 is 0 Å². The van der Waals surface area contributed by atoms with Crippen molar-refractivity contribution in [3.8, 4) is 0 Å². The predicted molar refractivity (Wildman–Crippen MR) is 84.2 cm³/mol. The zero-order chi connectivity index (χ0) is 14.5. The first-order valence-corrected chi connectivity index (χ1v) is 8.92. The van der Waals surface area contributed by atoms with Crippen molar-refractivity contribution in [2.24, 2.45) is 0 Å². The van der Waals surface area contributed by atoms with E-state index >= 15 is 0 Å². The van der Waals surface area contributed by atoms with Gasteiger partial charge >= 0.3 is 0 Å². The lowest BCUT2D eigenvalue weighted by atomic mass is 10.1. The Labute approximate surface area is 127 Å². The summed E-state index contributed by atoms with van der Waals surface area (Å²) >= 11 is 1.74. The SMILES string of the molecule is C[C@@H]1CN(C)C[C@H](C)N1C(=O)CSC[C@H]1CCCCO1. The number of hydrogen-bond donors (Lipinski definition) is 0. The van der Waals surface area contributed by atoms with Crippen molar-refractivity contribution >= 4 is 17.7 Å². The van der Waals surface area contributed by atoms with Crippen LogP contribution < -0.4 is 0 Å². The highest BCUT2D eigenvalue weighted by molar-refractivity contribution is 7.99. The number of carbonyl (C=O) groups excluding carboxylic acids is 1. The Bertz CT molecular complexity index is 309. The maximum absolute atomic E-state index is 12.4. The van der Waals surface area contributed by atoms with Crippen LogP contribution in [-0.2, 0) is 9.53 Å². The van der Waals surface area contributed by atoms with Crippen LogP contribution in [0.5, 0.6) is 0 Å². The highest BCUT2D eigenvalue weighted by Crippen LogP contribution is 2.20. The Morgan fingerprint density at radius 3 is 2.55 bits per heavy atom. The first-order valence-electron chi connectivity index (χ1n) is 7.77. The largest absolute Gasteiger partial charge is 0.377 e. The van der Waals surface area contributed by atoms with Crippen LogP contribution in [0, 0.1) is 0 Å². The number of amides is 1. The van der Waals surface area contributed by atoms with Gasteiger partial charge in [-0.3, -0.25) is 4.79 Å². The molecule has 0 N–H and O–H groups in total. The molecule has 3 atom stereocenters. The fraction of sp³-hybridized carbons (Fsp3) is 0.933. The maximum Gasteiger partial charge on any atom is 0.233 e. The van der Waals surface area contributed by atoms with Crippen LogP contribution in [0.3, 0.4) is 0 Å². The molecule has 2 fully saturated rings. The lowest BCUT2D eigenvalue weighted by Crippen LogP contribution is -2.58. The van der Waals surface area contributed by atoms with Gasteiger partial charge in [-0.1, -0.05) is 0 Å². The van der Waals surface area contributed by atoms with Crippen LogP contribution in [0.1, 0.15) is 33.1 Å². The molecule has 5 heteroatoms. The molecule has 2 heterocycles. The van der Waals surface area contributed by atoms with Crippen LogP contribution in [0.25, 0.3) is 0 Å². The fourth-order valence-electron chi connectivity index (χ4n) is 3.37. The second kappa shape index (κ2) is 7.66. The van der Waals surface area contributed by atoms with Crippen molar-refractivity contribution in [2.45, 2.75) is 51.3 Å². The smallest absolute Gasteiger partial charge is 0.233 e. The minimum atomic E-state index is 0.291. The summed E-state index contributed by atoms with van der Waals surface area (Å²) in [5.41, 5.74) is 0. The molecule has 0 bridgehead atoms. The number of carbonyl (C=O) groups is 1. The molecule has 0 aromatic carbocycles. The predicted octanol–water partition coefficient (Wildman–Crippen LogP) is 1.84. The number of thioether (sulfide) groups is 1. The minimum Gasteiger partial charge on any atom is -0.377 e. The van der Waals surface area contributed by atoms with Gasteiger partial charge in [0.2, 0.25) is 5.91 Å². The Hall–Kier alpha value is -0.260. The van der Waals surface area contributed by atoms with Crippen molar-refractivity contribution in [2.75, 3.05) is 38.2 Å². The van der Waals surface area contributed by atoms with E-state index in [4.69, 9.17) is 4.74 Å². The first kappa shape index (κ1) is 16.1. The second-order valence-corrected chi connectivity index (χ2v) is 7.25. The summed E-state index contributed by atoms with van der Waals surface area (Å²) in [4.78, 5) is 16.8. The van der Waals surface area contributed by atoms with Gasteiger partial charge < -0.3 is 14.5 Å². The van der Waals surface area contributed by atoms with Gasteiger partial charge in [0.25, 0.3) is 0 Å². The number of rotatable bonds is 4. The Kier molecular flexibility index (Phi) is 6.18. The first-order chi connectivity index (χ1) is 9.58. The van der Waals surface area contributed by atoms with Crippen molar-refractivity contribution in [3.63, 3.8) is 0 Å². The van der Waals surface area contributed by atoms with Gasteiger partial charge in [0, 0.05) is 37.5 Å². The van der Waals surface area contributed by atoms with E-state index in [0.29, 0.717) is 29.8 Å². The molecule has 0 spiro atoms. The van der Waals surface area contributed by atoms with E-state index in [0.717, 1.165) is 31.9 Å². The van der Waals surface area contributed by atoms with E-state index in [1.165, 1.54) is 12.8 Å². The molecule has 0 saturated carbocycles. The Balaban J connectivity index is 1.73. The van der Waals surface area contributed by atoms with Crippen LogP contribution in [0.2, 0.25) is 0 Å². The fourth-order valence-corrected chi connectivity index (χ4v) is 4.34. The zero-order valence-corrected chi connectivity index (χ0v) is 13.8. The number of likely N-dealkylation sites (N-methyl/N-ethyl adjacent to an activating group) is 1. The molecule has 1 amide bonds. The lowest BCUT2D eigenvalue weighted by Gasteiger charge is -2.43. The molecular weight excluding hydrogens is 272 g/mol. The van der Waals surface area contributed by atoms with Gasteiger partial charge in [0.05, 0.1) is 11.9 Å². The number of ether oxygens (including phenoxy) is 1. The summed E-state index contributed by atoms with van der Waals surface area (Å²) in [6, 6.07) is 0.644. The molecule has 116 valence electrons. The minimum absolute atomic E-state index is 0.291. The summed E-state index contributed by atoms with van der Waals surface area (Å²) in [7, 11) is 2.13. The topological polar surface area (TPSA) is 32.8 Å². The van der Waals surface area contributed by atoms with Gasteiger partial charge in [-0.05, 0) is 40.2 Å². The van der Waals surface area contributed by atoms with Crippen LogP contribution in [0.4, 0.5) is 0 Å². The number of nitrogens with zero attached hydrogens (tertiary/aromatic N) is 2. The molecule has 2 saturated heterocycles. The van der Waals surface area contributed by atoms with E-state index in [-0.39, 0.29) is 0 Å². The molecule has 2 rings (SSSR count). The Morgan fingerprint density at radius 1 is 1.25 bits per heavy atom. The van der Waals surface area contributed by atoms with Gasteiger partial charge in [-0.15, -0.1) is 11.8 Å². The molecular formula is C15H28N2O2S. The molecule has 2 aliphatic rings. The van der Waals surface area contributed by atoms with E-state index in [9.17, 15) is 4.79 Å². The zero-order valence-electron chi connectivity index (χ0n) is 13.0. The van der Waals surface area contributed by atoms with Crippen LogP contribution >= 0.6 is 11.8 Å². The molecule has 0 aromatic heterocycles. The summed E-state index contributed by atoms with van der Waals surface area (Å²) in [6.45, 7) is 7.16. The second-order valence-electron chi connectivity index (χ2n) is 6.22. The third-order valence-corrected chi connectivity index (χ3v) is 5.25. The van der Waals surface area contributed by atoms with Gasteiger partial charge in [-0.2, -0.15) is 0 Å². The van der Waals surface area contributed by atoms with Crippen LogP contribution in [-0.4, -0.2) is 72.1 Å². The monoisotopic (exact) mass is 300 g/mol. The summed E-state index contributed by atoms with van der Waals surface area (Å²) < 4.78 is 5.71. The van der Waals surface area contributed by atoms with Gasteiger partial charge in [-0.25, -0.2) is 0 Å². The molecule has 0 aliphatic carbocycles. The molecule has 2 aliphatic heterocycles. The van der Waals surface area contributed by atoms with E-state index in [2.05, 4.69) is 30.7 Å². The molecule has 0 unspecified atom stereocenters. The van der Waals surface area contributed by atoms with Gasteiger partial charge in [0.1, 0.15) is 0 Å². The van der Waals surface area contributed by atoms with Crippen molar-refractivity contribution < 1.29 is 9.53 Å². The highest BCUT2D eigenvalue weighted by atomic mass is 32.2. The summed E-state index contributed by atoms with van der Waals surface area (Å²) in [5.74, 6) is 1.85. The Morgan fingerprint density at radius 2 is 1.95 bits per heavy atom. The highest BCUT2D eigenvalue weighted by Gasteiger charge is 2.31. The van der Waals surface area contributed by atoms with Crippen molar-refractivity contribution in [1.82, 2.24) is 9.80 Å². The van der Waals surface area contributed by atoms with E-state index in [1.807, 2.05) is 0 Å².